The number of unbranched alkanes of at least 4 members (excludes halogenated alkanes) is 3. The number of carbonyl (C=O) groups excluding carboxylic acids is 1. The van der Waals surface area contributed by atoms with Gasteiger partial charge in [-0.05, 0) is 19.8 Å². The Morgan fingerprint density at radius 3 is 2.56 bits per heavy atom. The zero-order valence-corrected chi connectivity index (χ0v) is 10.2. The molecule has 0 bridgehead atoms. The molecule has 94 valence electrons. The maximum absolute atomic E-state index is 11.3. The molecule has 1 aliphatic rings. The maximum Gasteiger partial charge on any atom is 0.305 e. The molecule has 1 heterocycles. The smallest absolute Gasteiger partial charge is 0.305 e. The third kappa shape index (κ3) is 6.08. The molecule has 1 fully saturated rings. The number of ether oxygens (including phenoxy) is 3. The SMILES string of the molecule is COCCCCCCC(=O)OCC1OC1C. The molecule has 0 aromatic rings. The van der Waals surface area contributed by atoms with Crippen LogP contribution in [-0.2, 0) is 19.0 Å². The van der Waals surface area contributed by atoms with Gasteiger partial charge in [-0.1, -0.05) is 12.8 Å². The summed E-state index contributed by atoms with van der Waals surface area (Å²) in [6.07, 6.45) is 5.09. The van der Waals surface area contributed by atoms with Gasteiger partial charge in [0.2, 0.25) is 0 Å². The third-order valence-corrected chi connectivity index (χ3v) is 2.72. The van der Waals surface area contributed by atoms with Gasteiger partial charge in [-0.3, -0.25) is 4.79 Å². The molecule has 0 N–H and O–H groups in total. The molecule has 0 radical (unpaired) electrons. The fraction of sp³-hybridized carbons (Fsp3) is 0.917. The number of hydrogen-bond acceptors (Lipinski definition) is 4. The molecule has 4 nitrogen and oxygen atoms in total. The largest absolute Gasteiger partial charge is 0.463 e. The van der Waals surface area contributed by atoms with E-state index in [0.29, 0.717) is 13.0 Å². The van der Waals surface area contributed by atoms with Gasteiger partial charge in [0.05, 0.1) is 6.10 Å². The van der Waals surface area contributed by atoms with Crippen LogP contribution >= 0.6 is 0 Å². The van der Waals surface area contributed by atoms with Crippen LogP contribution in [0.5, 0.6) is 0 Å². The Balaban J connectivity index is 1.82. The summed E-state index contributed by atoms with van der Waals surface area (Å²) >= 11 is 0. The summed E-state index contributed by atoms with van der Waals surface area (Å²) in [6, 6.07) is 0. The summed E-state index contributed by atoms with van der Waals surface area (Å²) in [6.45, 7) is 3.21. The van der Waals surface area contributed by atoms with E-state index in [0.717, 1.165) is 32.3 Å². The van der Waals surface area contributed by atoms with Gasteiger partial charge >= 0.3 is 5.97 Å². The van der Waals surface area contributed by atoms with E-state index in [2.05, 4.69) is 0 Å². The van der Waals surface area contributed by atoms with Crippen LogP contribution in [0.3, 0.4) is 0 Å². The molecule has 0 spiro atoms. The van der Waals surface area contributed by atoms with Crippen LogP contribution in [-0.4, -0.2) is 38.5 Å². The molecule has 0 aromatic heterocycles. The Bertz CT molecular complexity index is 205. The molecule has 0 aromatic carbocycles. The summed E-state index contributed by atoms with van der Waals surface area (Å²) < 4.78 is 15.2. The summed E-state index contributed by atoms with van der Waals surface area (Å²) in [4.78, 5) is 11.3. The number of rotatable bonds is 9. The second kappa shape index (κ2) is 7.63. The van der Waals surface area contributed by atoms with Crippen molar-refractivity contribution in [3.8, 4) is 0 Å². The van der Waals surface area contributed by atoms with E-state index in [9.17, 15) is 4.79 Å². The molecule has 1 aliphatic heterocycles. The topological polar surface area (TPSA) is 48.1 Å². The number of esters is 1. The monoisotopic (exact) mass is 230 g/mol. The lowest BCUT2D eigenvalue weighted by atomic mass is 10.1. The summed E-state index contributed by atoms with van der Waals surface area (Å²) in [5.74, 6) is -0.102. The van der Waals surface area contributed by atoms with Crippen LogP contribution in [0.1, 0.15) is 39.0 Å². The Labute approximate surface area is 97.2 Å². The van der Waals surface area contributed by atoms with Gasteiger partial charge in [-0.15, -0.1) is 0 Å². The van der Waals surface area contributed by atoms with Crippen molar-refractivity contribution in [1.29, 1.82) is 0 Å². The highest BCUT2D eigenvalue weighted by Gasteiger charge is 2.35. The molecule has 16 heavy (non-hydrogen) atoms. The van der Waals surface area contributed by atoms with Crippen molar-refractivity contribution in [2.75, 3.05) is 20.3 Å². The van der Waals surface area contributed by atoms with E-state index >= 15 is 0 Å². The highest BCUT2D eigenvalue weighted by Crippen LogP contribution is 2.21. The van der Waals surface area contributed by atoms with Crippen molar-refractivity contribution in [3.05, 3.63) is 0 Å². The lowest BCUT2D eigenvalue weighted by Crippen LogP contribution is -2.10. The van der Waals surface area contributed by atoms with E-state index in [1.807, 2.05) is 6.92 Å². The van der Waals surface area contributed by atoms with Gasteiger partial charge in [0.25, 0.3) is 0 Å². The number of methoxy groups -OCH3 is 1. The minimum Gasteiger partial charge on any atom is -0.463 e. The summed E-state index contributed by atoms with van der Waals surface area (Å²) in [5, 5.41) is 0. The highest BCUT2D eigenvalue weighted by atomic mass is 16.6. The molecule has 4 heteroatoms. The van der Waals surface area contributed by atoms with E-state index in [4.69, 9.17) is 14.2 Å². The first kappa shape index (κ1) is 13.5. The van der Waals surface area contributed by atoms with Crippen molar-refractivity contribution in [3.63, 3.8) is 0 Å². The molecule has 1 saturated heterocycles. The fourth-order valence-electron chi connectivity index (χ4n) is 1.52. The Morgan fingerprint density at radius 2 is 1.94 bits per heavy atom. The summed E-state index contributed by atoms with van der Waals surface area (Å²) in [7, 11) is 1.71. The van der Waals surface area contributed by atoms with Gasteiger partial charge < -0.3 is 14.2 Å². The van der Waals surface area contributed by atoms with Crippen LogP contribution in [0.4, 0.5) is 0 Å². The van der Waals surface area contributed by atoms with Gasteiger partial charge in [-0.2, -0.15) is 0 Å². The van der Waals surface area contributed by atoms with E-state index in [1.54, 1.807) is 7.11 Å². The first-order valence-electron chi connectivity index (χ1n) is 6.04. The van der Waals surface area contributed by atoms with Gasteiger partial charge in [-0.25, -0.2) is 0 Å². The van der Waals surface area contributed by atoms with Crippen LogP contribution in [0, 0.1) is 0 Å². The van der Waals surface area contributed by atoms with Gasteiger partial charge in [0, 0.05) is 20.1 Å². The van der Waals surface area contributed by atoms with Crippen molar-refractivity contribution >= 4 is 5.97 Å². The van der Waals surface area contributed by atoms with Crippen molar-refractivity contribution < 1.29 is 19.0 Å². The molecular formula is C12H22O4. The van der Waals surface area contributed by atoms with E-state index < -0.39 is 0 Å². The average molecular weight is 230 g/mol. The number of epoxide rings is 1. The fourth-order valence-corrected chi connectivity index (χ4v) is 1.52. The minimum atomic E-state index is -0.102. The molecule has 0 amide bonds. The van der Waals surface area contributed by atoms with Crippen LogP contribution in [0.25, 0.3) is 0 Å². The van der Waals surface area contributed by atoms with Crippen molar-refractivity contribution in [1.82, 2.24) is 0 Å². The van der Waals surface area contributed by atoms with Crippen molar-refractivity contribution in [2.45, 2.75) is 51.2 Å². The average Bonchev–Trinajstić information content (AvgIpc) is 2.97. The zero-order chi connectivity index (χ0) is 11.8. The van der Waals surface area contributed by atoms with Crippen molar-refractivity contribution in [2.24, 2.45) is 0 Å². The second-order valence-electron chi connectivity index (χ2n) is 4.22. The van der Waals surface area contributed by atoms with Gasteiger partial charge in [0.1, 0.15) is 12.7 Å². The lowest BCUT2D eigenvalue weighted by Gasteiger charge is -2.03. The zero-order valence-electron chi connectivity index (χ0n) is 10.2. The number of carbonyl (C=O) groups is 1. The molecule has 1 rings (SSSR count). The van der Waals surface area contributed by atoms with E-state index in [1.165, 1.54) is 0 Å². The molecule has 0 saturated carbocycles. The third-order valence-electron chi connectivity index (χ3n) is 2.72. The first-order valence-corrected chi connectivity index (χ1v) is 6.04. The minimum absolute atomic E-state index is 0.102. The Hall–Kier alpha value is -0.610. The lowest BCUT2D eigenvalue weighted by molar-refractivity contribution is -0.144. The predicted molar refractivity (Wildman–Crippen MR) is 60.3 cm³/mol. The van der Waals surface area contributed by atoms with E-state index in [-0.39, 0.29) is 18.2 Å². The molecular weight excluding hydrogens is 208 g/mol. The van der Waals surface area contributed by atoms with Crippen LogP contribution in [0.2, 0.25) is 0 Å². The molecule has 0 aliphatic carbocycles. The quantitative estimate of drug-likeness (QED) is 0.345. The standard InChI is InChI=1S/C12H22O4/c1-10-11(16-10)9-15-12(13)7-5-3-4-6-8-14-2/h10-11H,3-9H2,1-2H3. The number of hydrogen-bond donors (Lipinski definition) is 0. The Kier molecular flexibility index (Phi) is 6.42. The van der Waals surface area contributed by atoms with Crippen LogP contribution in [0.15, 0.2) is 0 Å². The summed E-state index contributed by atoms with van der Waals surface area (Å²) in [5.41, 5.74) is 0. The Morgan fingerprint density at radius 1 is 1.25 bits per heavy atom. The predicted octanol–water partition coefficient (Wildman–Crippen LogP) is 1.91. The molecule has 2 unspecified atom stereocenters. The second-order valence-corrected chi connectivity index (χ2v) is 4.22. The highest BCUT2D eigenvalue weighted by molar-refractivity contribution is 5.69. The molecule has 2 atom stereocenters. The first-order chi connectivity index (χ1) is 7.74. The maximum atomic E-state index is 11.3. The normalized spacial score (nSPS) is 23.1. The van der Waals surface area contributed by atoms with Crippen LogP contribution < -0.4 is 0 Å². The van der Waals surface area contributed by atoms with Gasteiger partial charge in [0.15, 0.2) is 0 Å².